The van der Waals surface area contributed by atoms with Gasteiger partial charge in [0.2, 0.25) is 0 Å². The second kappa shape index (κ2) is 10.3. The van der Waals surface area contributed by atoms with Gasteiger partial charge in [0.25, 0.3) is 0 Å². The Morgan fingerprint density at radius 2 is 1.04 bits per heavy atom. The fourth-order valence-corrected chi connectivity index (χ4v) is 3.63. The first kappa shape index (κ1) is 23.8. The Morgan fingerprint density at radius 1 is 0.667 bits per heavy atom. The maximum Gasteiger partial charge on any atom is 4.00 e. The summed E-state index contributed by atoms with van der Waals surface area (Å²) in [6.45, 7) is 0. The number of ether oxygens (including phenoxy) is 2. The van der Waals surface area contributed by atoms with Gasteiger partial charge in [0.1, 0.15) is 0 Å². The van der Waals surface area contributed by atoms with Crippen molar-refractivity contribution in [3.05, 3.63) is 71.8 Å². The Kier molecular flexibility index (Phi) is 9.08. The number of hydrogen-bond acceptors (Lipinski definition) is 2. The van der Waals surface area contributed by atoms with Crippen molar-refractivity contribution < 1.29 is 60.5 Å². The molecule has 0 radical (unpaired) electrons. The second-order valence-electron chi connectivity index (χ2n) is 6.08. The van der Waals surface area contributed by atoms with Crippen molar-refractivity contribution in [2.75, 3.05) is 14.2 Å². The van der Waals surface area contributed by atoms with E-state index in [2.05, 4.69) is 60.7 Å². The summed E-state index contributed by atoms with van der Waals surface area (Å²) in [5.74, 6) is 2.00. The van der Waals surface area contributed by atoms with Crippen LogP contribution in [0.4, 0.5) is 0 Å². The molecule has 0 atom stereocenters. The fraction of sp³-hybridized carbons (Fsp3) is 0.182. The van der Waals surface area contributed by atoms with Crippen LogP contribution in [0.1, 0.15) is 11.1 Å². The van der Waals surface area contributed by atoms with Crippen LogP contribution in [0.2, 0.25) is 0 Å². The first-order valence-electron chi connectivity index (χ1n) is 8.24. The van der Waals surface area contributed by atoms with Gasteiger partial charge < -0.3 is 34.3 Å². The van der Waals surface area contributed by atoms with Crippen LogP contribution in [0.5, 0.6) is 11.5 Å². The molecule has 0 saturated heterocycles. The van der Waals surface area contributed by atoms with Crippen LogP contribution in [0.15, 0.2) is 60.7 Å². The predicted octanol–water partition coefficient (Wildman–Crippen LogP) is -0.761. The molecule has 27 heavy (non-hydrogen) atoms. The van der Waals surface area contributed by atoms with E-state index in [1.54, 1.807) is 14.2 Å². The standard InChI is InChI=1S/C22H20O2.2ClH.Zr/c1-23-21-17(13-15-7-3-5-9-19(15)21)11-12-18-14-16-8-4-6-10-20(16)22(18)24-2;;;/h3-10,13-14H,11-12H2,1-2H3;2*1H;/q-2;;;+4/p-2. The van der Waals surface area contributed by atoms with Crippen molar-refractivity contribution in [3.63, 3.8) is 0 Å². The second-order valence-corrected chi connectivity index (χ2v) is 6.08. The zero-order valence-corrected chi connectivity index (χ0v) is 19.2. The predicted molar refractivity (Wildman–Crippen MR) is 99.6 cm³/mol. The first-order valence-corrected chi connectivity index (χ1v) is 8.24. The molecule has 5 heteroatoms. The number of hydrogen-bond donors (Lipinski definition) is 0. The van der Waals surface area contributed by atoms with Crippen molar-refractivity contribution in [3.8, 4) is 11.5 Å². The molecule has 0 aliphatic rings. The molecular formula is C22H20Cl2O2Zr. The minimum absolute atomic E-state index is 0. The van der Waals surface area contributed by atoms with Gasteiger partial charge in [-0.2, -0.15) is 0 Å². The summed E-state index contributed by atoms with van der Waals surface area (Å²) in [6.07, 6.45) is 1.87. The van der Waals surface area contributed by atoms with Gasteiger partial charge in [-0.15, -0.1) is 59.3 Å². The molecule has 0 heterocycles. The van der Waals surface area contributed by atoms with E-state index in [0.29, 0.717) is 0 Å². The number of aryl methyl sites for hydroxylation is 2. The van der Waals surface area contributed by atoms with Gasteiger partial charge in [-0.1, -0.05) is 34.0 Å². The number of methoxy groups -OCH3 is 2. The molecule has 0 spiro atoms. The third kappa shape index (κ3) is 4.42. The van der Waals surface area contributed by atoms with Gasteiger partial charge in [-0.3, -0.25) is 0 Å². The Hall–Kier alpha value is -1.28. The zero-order chi connectivity index (χ0) is 16.5. The van der Waals surface area contributed by atoms with Crippen molar-refractivity contribution >= 4 is 21.5 Å². The number of benzene rings is 2. The summed E-state index contributed by atoms with van der Waals surface area (Å²) >= 11 is 0. The van der Waals surface area contributed by atoms with Crippen LogP contribution in [0.3, 0.4) is 0 Å². The zero-order valence-electron chi connectivity index (χ0n) is 15.3. The maximum absolute atomic E-state index is 5.67. The quantitative estimate of drug-likeness (QED) is 0.351. The van der Waals surface area contributed by atoms with E-state index >= 15 is 0 Å². The number of rotatable bonds is 5. The van der Waals surface area contributed by atoms with Gasteiger partial charge in [0.05, 0.1) is 14.2 Å². The summed E-state index contributed by atoms with van der Waals surface area (Å²) in [6, 6.07) is 21.2. The van der Waals surface area contributed by atoms with Gasteiger partial charge in [0, 0.05) is 11.5 Å². The van der Waals surface area contributed by atoms with Crippen molar-refractivity contribution in [2.24, 2.45) is 0 Å². The SMILES string of the molecule is COc1c(CCc2[cH-]c3ccccc3c2OC)[cH-]c2ccccc12.[Cl-].[Cl-].[Zr+4]. The van der Waals surface area contributed by atoms with E-state index in [0.717, 1.165) is 24.3 Å². The van der Waals surface area contributed by atoms with Gasteiger partial charge in [0.15, 0.2) is 0 Å². The summed E-state index contributed by atoms with van der Waals surface area (Å²) < 4.78 is 11.3. The third-order valence-corrected chi connectivity index (χ3v) is 4.73. The van der Waals surface area contributed by atoms with Crippen molar-refractivity contribution in [1.29, 1.82) is 0 Å². The Morgan fingerprint density at radius 3 is 1.41 bits per heavy atom. The molecule has 0 bridgehead atoms. The summed E-state index contributed by atoms with van der Waals surface area (Å²) in [7, 11) is 3.51. The molecule has 0 aromatic heterocycles. The molecule has 0 unspecified atom stereocenters. The van der Waals surface area contributed by atoms with Gasteiger partial charge in [-0.05, 0) is 12.8 Å². The van der Waals surface area contributed by atoms with Crippen LogP contribution in [0, 0.1) is 0 Å². The van der Waals surface area contributed by atoms with Crippen molar-refractivity contribution in [1.82, 2.24) is 0 Å². The number of halogens is 2. The topological polar surface area (TPSA) is 18.5 Å². The van der Waals surface area contributed by atoms with E-state index in [1.807, 2.05) is 0 Å². The van der Waals surface area contributed by atoms with Crippen LogP contribution >= 0.6 is 0 Å². The average molecular weight is 479 g/mol. The smallest absolute Gasteiger partial charge is 1.00 e. The minimum atomic E-state index is 0. The first-order chi connectivity index (χ1) is 11.8. The van der Waals surface area contributed by atoms with Crippen LogP contribution in [-0.4, -0.2) is 14.2 Å². The maximum atomic E-state index is 5.67. The third-order valence-electron chi connectivity index (χ3n) is 4.73. The van der Waals surface area contributed by atoms with E-state index in [-0.39, 0.29) is 51.0 Å². The molecular weight excluding hydrogens is 458 g/mol. The Bertz CT molecular complexity index is 922. The molecule has 4 rings (SSSR count). The Balaban J connectivity index is 0.00000121. The molecule has 138 valence electrons. The molecule has 4 aromatic rings. The Labute approximate surface area is 191 Å². The molecule has 0 fully saturated rings. The minimum Gasteiger partial charge on any atom is -1.00 e. The van der Waals surface area contributed by atoms with Gasteiger partial charge >= 0.3 is 26.2 Å². The monoisotopic (exact) mass is 476 g/mol. The van der Waals surface area contributed by atoms with E-state index in [1.165, 1.54) is 32.7 Å². The van der Waals surface area contributed by atoms with Gasteiger partial charge in [-0.25, -0.2) is 0 Å². The van der Waals surface area contributed by atoms with Crippen molar-refractivity contribution in [2.45, 2.75) is 12.8 Å². The molecule has 2 nitrogen and oxygen atoms in total. The van der Waals surface area contributed by atoms with E-state index in [4.69, 9.17) is 9.47 Å². The van der Waals surface area contributed by atoms with Crippen LogP contribution in [0.25, 0.3) is 21.5 Å². The molecule has 0 saturated carbocycles. The summed E-state index contributed by atoms with van der Waals surface area (Å²) in [4.78, 5) is 0. The molecule has 4 aromatic carbocycles. The summed E-state index contributed by atoms with van der Waals surface area (Å²) in [5, 5.41) is 4.86. The molecule has 0 amide bonds. The van der Waals surface area contributed by atoms with E-state index in [9.17, 15) is 0 Å². The summed E-state index contributed by atoms with van der Waals surface area (Å²) in [5.41, 5.74) is 2.51. The fourth-order valence-electron chi connectivity index (χ4n) is 3.63. The number of fused-ring (bicyclic) bond motifs is 2. The average Bonchev–Trinajstić information content (AvgIpc) is 3.16. The van der Waals surface area contributed by atoms with E-state index < -0.39 is 0 Å². The largest absolute Gasteiger partial charge is 4.00 e. The molecule has 0 aliphatic carbocycles. The molecule has 0 N–H and O–H groups in total. The normalized spacial score (nSPS) is 10.0. The molecule has 0 aliphatic heterocycles. The van der Waals surface area contributed by atoms with Crippen LogP contribution < -0.4 is 34.3 Å². The van der Waals surface area contributed by atoms with Crippen LogP contribution in [-0.2, 0) is 39.0 Å².